The molecule has 2 unspecified atom stereocenters. The molecule has 0 aromatic carbocycles. The summed E-state index contributed by atoms with van der Waals surface area (Å²) < 4.78 is 0. The molecule has 0 aromatic heterocycles. The predicted octanol–water partition coefficient (Wildman–Crippen LogP) is 2.11. The number of nitrogens with zero attached hydrogens (tertiary/aromatic N) is 2. The molecule has 1 aliphatic rings. The van der Waals surface area contributed by atoms with E-state index in [0.717, 1.165) is 12.3 Å². The van der Waals surface area contributed by atoms with Gasteiger partial charge >= 0.3 is 0 Å². The van der Waals surface area contributed by atoms with Crippen molar-refractivity contribution in [2.75, 3.05) is 0 Å². The lowest BCUT2D eigenvalue weighted by Gasteiger charge is -2.36. The van der Waals surface area contributed by atoms with E-state index in [1.54, 1.807) is 0 Å². The maximum absolute atomic E-state index is 4.37. The van der Waals surface area contributed by atoms with Gasteiger partial charge in [-0.25, -0.2) is 0 Å². The maximum atomic E-state index is 4.37. The molecule has 0 saturated heterocycles. The average Bonchev–Trinajstić information content (AvgIpc) is 1.94. The van der Waals surface area contributed by atoms with Crippen LogP contribution >= 0.6 is 0 Å². The van der Waals surface area contributed by atoms with Gasteiger partial charge < -0.3 is 0 Å². The molecule has 11 heavy (non-hydrogen) atoms. The van der Waals surface area contributed by atoms with E-state index in [2.05, 4.69) is 37.8 Å². The largest absolute Gasteiger partial charge is 0.292 e. The number of rotatable bonds is 1. The van der Waals surface area contributed by atoms with Crippen LogP contribution in [0.1, 0.15) is 34.1 Å². The van der Waals surface area contributed by atoms with E-state index >= 15 is 0 Å². The van der Waals surface area contributed by atoms with Gasteiger partial charge in [0.15, 0.2) is 0 Å². The van der Waals surface area contributed by atoms with Gasteiger partial charge in [0, 0.05) is 18.3 Å². The SMILES string of the molecule is CC1CC=NN(C(C)C)C1C. The first-order valence-corrected chi connectivity index (χ1v) is 4.43. The summed E-state index contributed by atoms with van der Waals surface area (Å²) in [6.07, 6.45) is 3.16. The minimum Gasteiger partial charge on any atom is -0.292 e. The second-order valence-corrected chi connectivity index (χ2v) is 3.73. The predicted molar refractivity (Wildman–Crippen MR) is 48.7 cm³/mol. The first-order chi connectivity index (χ1) is 5.13. The summed E-state index contributed by atoms with van der Waals surface area (Å²) in [5, 5.41) is 6.56. The highest BCUT2D eigenvalue weighted by Crippen LogP contribution is 2.20. The summed E-state index contributed by atoms with van der Waals surface area (Å²) in [4.78, 5) is 0. The third-order valence-electron chi connectivity index (χ3n) is 2.46. The second-order valence-electron chi connectivity index (χ2n) is 3.73. The molecule has 2 atom stereocenters. The van der Waals surface area contributed by atoms with E-state index < -0.39 is 0 Å². The normalized spacial score (nSPS) is 31.5. The highest BCUT2D eigenvalue weighted by atomic mass is 15.5. The molecule has 0 saturated carbocycles. The minimum atomic E-state index is 0.531. The van der Waals surface area contributed by atoms with Gasteiger partial charge in [-0.15, -0.1) is 0 Å². The Bertz CT molecular complexity index is 152. The summed E-state index contributed by atoms with van der Waals surface area (Å²) in [7, 11) is 0. The average molecular weight is 154 g/mol. The number of hydrogen-bond donors (Lipinski definition) is 0. The van der Waals surface area contributed by atoms with E-state index in [-0.39, 0.29) is 0 Å². The molecule has 0 spiro atoms. The van der Waals surface area contributed by atoms with Crippen molar-refractivity contribution in [3.8, 4) is 0 Å². The van der Waals surface area contributed by atoms with Crippen molar-refractivity contribution in [3.63, 3.8) is 0 Å². The van der Waals surface area contributed by atoms with Gasteiger partial charge in [0.1, 0.15) is 0 Å². The third kappa shape index (κ3) is 1.73. The van der Waals surface area contributed by atoms with Crippen LogP contribution in [0.5, 0.6) is 0 Å². The number of hydrazone groups is 1. The molecular weight excluding hydrogens is 136 g/mol. The summed E-state index contributed by atoms with van der Waals surface area (Å²) in [5.41, 5.74) is 0. The Balaban J connectivity index is 2.64. The fourth-order valence-corrected chi connectivity index (χ4v) is 1.47. The zero-order valence-corrected chi connectivity index (χ0v) is 7.91. The van der Waals surface area contributed by atoms with E-state index in [1.807, 2.05) is 6.21 Å². The van der Waals surface area contributed by atoms with Crippen LogP contribution in [0, 0.1) is 5.92 Å². The Morgan fingerprint density at radius 3 is 2.55 bits per heavy atom. The van der Waals surface area contributed by atoms with Crippen LogP contribution in [-0.2, 0) is 0 Å². The molecule has 1 aliphatic heterocycles. The Hall–Kier alpha value is -0.530. The van der Waals surface area contributed by atoms with Gasteiger partial charge in [0.2, 0.25) is 0 Å². The van der Waals surface area contributed by atoms with Gasteiger partial charge in [-0.3, -0.25) is 5.01 Å². The van der Waals surface area contributed by atoms with Gasteiger partial charge in [-0.05, 0) is 33.1 Å². The zero-order valence-electron chi connectivity index (χ0n) is 7.91. The lowest BCUT2D eigenvalue weighted by atomic mass is 9.98. The van der Waals surface area contributed by atoms with Crippen molar-refractivity contribution >= 4 is 6.21 Å². The Labute approximate surface area is 69.3 Å². The van der Waals surface area contributed by atoms with Gasteiger partial charge in [0.05, 0.1) is 0 Å². The second kappa shape index (κ2) is 3.24. The quantitative estimate of drug-likeness (QED) is 0.565. The lowest BCUT2D eigenvalue weighted by Crippen LogP contribution is -2.41. The van der Waals surface area contributed by atoms with E-state index in [0.29, 0.717) is 12.1 Å². The first-order valence-electron chi connectivity index (χ1n) is 4.43. The summed E-state index contributed by atoms with van der Waals surface area (Å²) in [6.45, 7) is 8.91. The molecular formula is C9H18N2. The molecule has 0 fully saturated rings. The highest BCUT2D eigenvalue weighted by molar-refractivity contribution is 5.58. The molecule has 1 rings (SSSR count). The van der Waals surface area contributed by atoms with Crippen molar-refractivity contribution in [3.05, 3.63) is 0 Å². The van der Waals surface area contributed by atoms with Crippen LogP contribution in [-0.4, -0.2) is 23.3 Å². The Kier molecular flexibility index (Phi) is 2.53. The fraction of sp³-hybridized carbons (Fsp3) is 0.889. The molecule has 1 heterocycles. The Morgan fingerprint density at radius 1 is 1.45 bits per heavy atom. The summed E-state index contributed by atoms with van der Waals surface area (Å²) in [6, 6.07) is 1.13. The van der Waals surface area contributed by atoms with Crippen LogP contribution in [0.4, 0.5) is 0 Å². The topological polar surface area (TPSA) is 15.6 Å². The van der Waals surface area contributed by atoms with Crippen molar-refractivity contribution in [1.82, 2.24) is 5.01 Å². The first kappa shape index (κ1) is 8.57. The van der Waals surface area contributed by atoms with E-state index in [9.17, 15) is 0 Å². The van der Waals surface area contributed by atoms with Crippen LogP contribution in [0.25, 0.3) is 0 Å². The smallest absolute Gasteiger partial charge is 0.0474 e. The van der Waals surface area contributed by atoms with E-state index in [1.165, 1.54) is 0 Å². The van der Waals surface area contributed by atoms with E-state index in [4.69, 9.17) is 0 Å². The monoisotopic (exact) mass is 154 g/mol. The molecule has 2 nitrogen and oxygen atoms in total. The molecule has 0 radical (unpaired) electrons. The molecule has 0 N–H and O–H groups in total. The third-order valence-corrected chi connectivity index (χ3v) is 2.46. The lowest BCUT2D eigenvalue weighted by molar-refractivity contribution is 0.121. The molecule has 0 bridgehead atoms. The van der Waals surface area contributed by atoms with Crippen molar-refractivity contribution < 1.29 is 0 Å². The molecule has 0 aromatic rings. The molecule has 2 heteroatoms. The van der Waals surface area contributed by atoms with Crippen molar-refractivity contribution in [2.45, 2.75) is 46.2 Å². The standard InChI is InChI=1S/C9H18N2/c1-7(2)11-9(4)8(3)5-6-10-11/h6-9H,5H2,1-4H3. The van der Waals surface area contributed by atoms with Crippen molar-refractivity contribution in [1.29, 1.82) is 0 Å². The minimum absolute atomic E-state index is 0.531. The molecule has 64 valence electrons. The fourth-order valence-electron chi connectivity index (χ4n) is 1.47. The van der Waals surface area contributed by atoms with Gasteiger partial charge in [0.25, 0.3) is 0 Å². The number of hydrogen-bond acceptors (Lipinski definition) is 2. The van der Waals surface area contributed by atoms with Gasteiger partial charge in [-0.2, -0.15) is 5.10 Å². The summed E-state index contributed by atoms with van der Waals surface area (Å²) >= 11 is 0. The highest BCUT2D eigenvalue weighted by Gasteiger charge is 2.23. The van der Waals surface area contributed by atoms with Crippen LogP contribution in [0.2, 0.25) is 0 Å². The molecule has 0 aliphatic carbocycles. The molecule has 0 amide bonds. The summed E-state index contributed by atoms with van der Waals surface area (Å²) in [5.74, 6) is 0.745. The Morgan fingerprint density at radius 2 is 2.09 bits per heavy atom. The van der Waals surface area contributed by atoms with Crippen molar-refractivity contribution in [2.24, 2.45) is 11.0 Å². The van der Waals surface area contributed by atoms with Crippen LogP contribution < -0.4 is 0 Å². The zero-order chi connectivity index (χ0) is 8.43. The van der Waals surface area contributed by atoms with Crippen LogP contribution in [0.15, 0.2) is 5.10 Å². The maximum Gasteiger partial charge on any atom is 0.0474 e. The van der Waals surface area contributed by atoms with Crippen LogP contribution in [0.3, 0.4) is 0 Å². The van der Waals surface area contributed by atoms with Gasteiger partial charge in [-0.1, -0.05) is 6.92 Å².